The number of aromatic nitrogens is 2. The molecule has 150 valence electrons. The number of aliphatic hydroxyl groups excluding tert-OH is 1. The van der Waals surface area contributed by atoms with Gasteiger partial charge in [0.05, 0.1) is 12.1 Å². The molecule has 3 rings (SSSR count). The van der Waals surface area contributed by atoms with E-state index in [1.54, 1.807) is 13.0 Å². The van der Waals surface area contributed by atoms with Crippen LogP contribution in [0.2, 0.25) is 0 Å². The van der Waals surface area contributed by atoms with Gasteiger partial charge in [-0.25, -0.2) is 0 Å². The van der Waals surface area contributed by atoms with Crippen molar-refractivity contribution in [2.75, 3.05) is 6.54 Å². The first-order chi connectivity index (χ1) is 12.7. The Hall–Kier alpha value is -1.89. The molecule has 3 N–H and O–H groups in total. The largest absolute Gasteiger partial charge is 0.392 e. The molecule has 7 nitrogen and oxygen atoms in total. The van der Waals surface area contributed by atoms with Crippen molar-refractivity contribution in [1.29, 1.82) is 0 Å². The molecule has 0 spiro atoms. The molecule has 1 saturated heterocycles. The van der Waals surface area contributed by atoms with E-state index in [-0.39, 0.29) is 35.2 Å². The van der Waals surface area contributed by atoms with Crippen molar-refractivity contribution in [1.82, 2.24) is 20.4 Å². The third-order valence-corrected chi connectivity index (χ3v) is 6.45. The van der Waals surface area contributed by atoms with Crippen molar-refractivity contribution in [3.05, 3.63) is 17.5 Å². The van der Waals surface area contributed by atoms with Gasteiger partial charge in [0.1, 0.15) is 5.69 Å². The van der Waals surface area contributed by atoms with Gasteiger partial charge in [0.2, 0.25) is 5.91 Å². The fourth-order valence-corrected chi connectivity index (χ4v) is 4.84. The summed E-state index contributed by atoms with van der Waals surface area (Å²) in [6, 6.07) is 1.71. The topological polar surface area (TPSA) is 98.3 Å². The van der Waals surface area contributed by atoms with Crippen LogP contribution in [0.25, 0.3) is 0 Å². The van der Waals surface area contributed by atoms with Crippen LogP contribution in [0, 0.1) is 5.41 Å². The van der Waals surface area contributed by atoms with Crippen LogP contribution in [0.5, 0.6) is 0 Å². The lowest BCUT2D eigenvalue weighted by atomic mass is 9.75. The van der Waals surface area contributed by atoms with E-state index in [0.717, 1.165) is 31.4 Å². The van der Waals surface area contributed by atoms with E-state index in [0.29, 0.717) is 18.7 Å². The fourth-order valence-electron chi connectivity index (χ4n) is 4.84. The van der Waals surface area contributed by atoms with Gasteiger partial charge < -0.3 is 15.3 Å². The third-order valence-electron chi connectivity index (χ3n) is 6.45. The molecule has 0 unspecified atom stereocenters. The maximum absolute atomic E-state index is 12.5. The van der Waals surface area contributed by atoms with Gasteiger partial charge in [-0.2, -0.15) is 5.10 Å². The van der Waals surface area contributed by atoms with Crippen molar-refractivity contribution in [2.45, 2.75) is 83.9 Å². The number of aliphatic hydroxyl groups is 1. The molecule has 2 aliphatic rings. The predicted molar refractivity (Wildman–Crippen MR) is 102 cm³/mol. The lowest BCUT2D eigenvalue weighted by molar-refractivity contribution is -0.133. The van der Waals surface area contributed by atoms with E-state index in [9.17, 15) is 14.7 Å². The molecular formula is C20H32N4O3. The minimum atomic E-state index is -0.410. The quantitative estimate of drug-likeness (QED) is 0.750. The zero-order valence-corrected chi connectivity index (χ0v) is 16.8. The van der Waals surface area contributed by atoms with E-state index in [1.807, 2.05) is 18.7 Å². The van der Waals surface area contributed by atoms with Crippen LogP contribution >= 0.6 is 0 Å². The molecule has 1 saturated carbocycles. The van der Waals surface area contributed by atoms with Crippen molar-refractivity contribution < 1.29 is 14.7 Å². The highest BCUT2D eigenvalue weighted by molar-refractivity contribution is 5.92. The number of nitrogens with one attached hydrogen (secondary N) is 2. The lowest BCUT2D eigenvalue weighted by Crippen LogP contribution is -2.48. The van der Waals surface area contributed by atoms with Crippen LogP contribution < -0.4 is 5.32 Å². The molecule has 1 aromatic rings. The Morgan fingerprint density at radius 3 is 2.74 bits per heavy atom. The maximum atomic E-state index is 12.5. The number of carbonyl (C=O) groups is 2. The highest BCUT2D eigenvalue weighted by atomic mass is 16.3. The molecule has 1 aliphatic heterocycles. The van der Waals surface area contributed by atoms with Gasteiger partial charge in [-0.1, -0.05) is 33.6 Å². The summed E-state index contributed by atoms with van der Waals surface area (Å²) in [5, 5.41) is 20.6. The monoisotopic (exact) mass is 376 g/mol. The first-order valence-electron chi connectivity index (χ1n) is 10.0. The Balaban J connectivity index is 1.71. The van der Waals surface area contributed by atoms with E-state index in [4.69, 9.17) is 0 Å². The number of hydrogen-bond acceptors (Lipinski definition) is 4. The lowest BCUT2D eigenvalue weighted by Gasteiger charge is -2.37. The summed E-state index contributed by atoms with van der Waals surface area (Å²) in [5.41, 5.74) is 0.977. The molecule has 1 aromatic heterocycles. The number of H-pyrrole nitrogens is 1. The number of fused-ring (bicyclic) bond motifs is 1. The second kappa shape index (κ2) is 7.62. The third kappa shape index (κ3) is 3.74. The first-order valence-corrected chi connectivity index (χ1v) is 10.0. The van der Waals surface area contributed by atoms with Gasteiger partial charge in [0.15, 0.2) is 0 Å². The Morgan fingerprint density at radius 2 is 2.11 bits per heavy atom. The van der Waals surface area contributed by atoms with Crippen LogP contribution in [-0.4, -0.2) is 56.8 Å². The van der Waals surface area contributed by atoms with Crippen LogP contribution in [0.4, 0.5) is 0 Å². The van der Waals surface area contributed by atoms with Crippen molar-refractivity contribution in [3.8, 4) is 0 Å². The average Bonchev–Trinajstić information content (AvgIpc) is 3.17. The second-order valence-electron chi connectivity index (χ2n) is 8.68. The molecular weight excluding hydrogens is 344 g/mol. The molecule has 2 heterocycles. The minimum Gasteiger partial charge on any atom is -0.392 e. The SMILES string of the molecule is CC(=O)N1[C@@H](CNC(=O)c2cc(C(C)C)[nH]n2)C[C@@]2(C)[C@@H](O)CCCC[C@@H]12. The average molecular weight is 377 g/mol. The summed E-state index contributed by atoms with van der Waals surface area (Å²) >= 11 is 0. The highest BCUT2D eigenvalue weighted by Gasteiger charge is 2.54. The summed E-state index contributed by atoms with van der Waals surface area (Å²) in [4.78, 5) is 26.8. The van der Waals surface area contributed by atoms with Crippen LogP contribution in [0.3, 0.4) is 0 Å². The number of carbonyl (C=O) groups excluding carboxylic acids is 2. The zero-order valence-electron chi connectivity index (χ0n) is 16.8. The fraction of sp³-hybridized carbons (Fsp3) is 0.750. The summed E-state index contributed by atoms with van der Waals surface area (Å²) in [5.74, 6) is 0.0500. The highest BCUT2D eigenvalue weighted by Crippen LogP contribution is 2.48. The summed E-state index contributed by atoms with van der Waals surface area (Å²) in [6.45, 7) is 8.12. The number of nitrogens with zero attached hydrogens (tertiary/aromatic N) is 2. The van der Waals surface area contributed by atoms with Crippen molar-refractivity contribution in [2.24, 2.45) is 5.41 Å². The molecule has 2 amide bonds. The molecule has 0 radical (unpaired) electrons. The normalized spacial score (nSPS) is 30.9. The van der Waals surface area contributed by atoms with Crippen molar-refractivity contribution in [3.63, 3.8) is 0 Å². The Morgan fingerprint density at radius 1 is 1.41 bits per heavy atom. The van der Waals surface area contributed by atoms with Gasteiger partial charge in [-0.15, -0.1) is 0 Å². The number of rotatable bonds is 4. The molecule has 27 heavy (non-hydrogen) atoms. The summed E-state index contributed by atoms with van der Waals surface area (Å²) < 4.78 is 0. The summed E-state index contributed by atoms with van der Waals surface area (Å²) in [7, 11) is 0. The first kappa shape index (κ1) is 19.9. The molecule has 2 fully saturated rings. The van der Waals surface area contributed by atoms with Crippen molar-refractivity contribution >= 4 is 11.8 Å². The number of hydrogen-bond donors (Lipinski definition) is 3. The van der Waals surface area contributed by atoms with Gasteiger partial charge in [-0.05, 0) is 31.2 Å². The molecule has 4 atom stereocenters. The number of likely N-dealkylation sites (tertiary alicyclic amines) is 1. The zero-order chi connectivity index (χ0) is 19.8. The molecule has 0 bridgehead atoms. The van der Waals surface area contributed by atoms with Crippen LogP contribution in [0.15, 0.2) is 6.07 Å². The smallest absolute Gasteiger partial charge is 0.271 e. The Labute approximate surface area is 160 Å². The second-order valence-corrected chi connectivity index (χ2v) is 8.68. The Bertz CT molecular complexity index is 701. The number of amides is 2. The van der Waals surface area contributed by atoms with E-state index < -0.39 is 6.10 Å². The Kier molecular flexibility index (Phi) is 5.60. The predicted octanol–water partition coefficient (Wildman–Crippen LogP) is 2.19. The van der Waals surface area contributed by atoms with Gasteiger partial charge in [0, 0.05) is 30.6 Å². The molecule has 0 aromatic carbocycles. The minimum absolute atomic E-state index is 0.0129. The van der Waals surface area contributed by atoms with Crippen LogP contribution in [-0.2, 0) is 4.79 Å². The van der Waals surface area contributed by atoms with E-state index >= 15 is 0 Å². The molecule has 7 heteroatoms. The van der Waals surface area contributed by atoms with Gasteiger partial charge in [-0.3, -0.25) is 14.7 Å². The van der Waals surface area contributed by atoms with E-state index in [1.165, 1.54) is 0 Å². The van der Waals surface area contributed by atoms with Gasteiger partial charge >= 0.3 is 0 Å². The molecule has 1 aliphatic carbocycles. The van der Waals surface area contributed by atoms with E-state index in [2.05, 4.69) is 22.4 Å². The summed E-state index contributed by atoms with van der Waals surface area (Å²) in [6.07, 6.45) is 4.00. The number of aromatic amines is 1. The van der Waals surface area contributed by atoms with Gasteiger partial charge in [0.25, 0.3) is 5.91 Å². The standard InChI is InChI=1S/C20H32N4O3/c1-12(2)15-9-16(23-22-15)19(27)21-11-14-10-20(4)17(24(14)13(3)25)7-5-6-8-18(20)26/h9,12,14,17-18,26H,5-8,10-11H2,1-4H3,(H,21,27)(H,22,23)/t14-,17-,18+,20-/m1/s1. The van der Waals surface area contributed by atoms with Crippen LogP contribution in [0.1, 0.15) is 81.9 Å². The maximum Gasteiger partial charge on any atom is 0.271 e.